The van der Waals surface area contributed by atoms with Crippen LogP contribution in [0.15, 0.2) is 33.9 Å². The molecule has 0 aliphatic carbocycles. The number of rotatable bonds is 11. The molecule has 0 unspecified atom stereocenters. The highest BCUT2D eigenvalue weighted by Crippen LogP contribution is 2.22. The van der Waals surface area contributed by atoms with Crippen molar-refractivity contribution < 1.29 is 14.4 Å². The summed E-state index contributed by atoms with van der Waals surface area (Å²) in [6.45, 7) is 4.77. The number of benzene rings is 1. The molecule has 10 heteroatoms. The summed E-state index contributed by atoms with van der Waals surface area (Å²) in [4.78, 5) is 67.3. The summed E-state index contributed by atoms with van der Waals surface area (Å²) in [6, 6.07) is 6.58. The summed E-state index contributed by atoms with van der Waals surface area (Å²) in [5, 5.41) is 0. The van der Waals surface area contributed by atoms with Crippen molar-refractivity contribution in [1.82, 2.24) is 14.5 Å². The lowest BCUT2D eigenvalue weighted by Gasteiger charge is -2.25. The van der Waals surface area contributed by atoms with Crippen LogP contribution in [-0.2, 0) is 22.7 Å². The molecular weight excluding hydrogens is 450 g/mol. The van der Waals surface area contributed by atoms with Gasteiger partial charge in [-0.15, -0.1) is 0 Å². The summed E-state index contributed by atoms with van der Waals surface area (Å²) in [5.74, 6) is -0.853. The second kappa shape index (κ2) is 11.6. The number of hydrogen-bond donors (Lipinski definition) is 2. The first-order chi connectivity index (χ1) is 16.8. The van der Waals surface area contributed by atoms with E-state index >= 15 is 0 Å². The van der Waals surface area contributed by atoms with E-state index in [9.17, 15) is 24.0 Å². The number of hydrogen-bond acceptors (Lipinski definition) is 6. The predicted octanol–water partition coefficient (Wildman–Crippen LogP) is 2.40. The molecule has 0 bridgehead atoms. The average molecular weight is 484 g/mol. The van der Waals surface area contributed by atoms with Crippen molar-refractivity contribution in [3.63, 3.8) is 0 Å². The van der Waals surface area contributed by atoms with E-state index in [1.807, 2.05) is 13.8 Å². The molecule has 1 aromatic heterocycles. The molecule has 3 amide bonds. The van der Waals surface area contributed by atoms with Crippen molar-refractivity contribution in [2.75, 3.05) is 17.2 Å². The molecule has 1 fully saturated rings. The first-order valence-corrected chi connectivity index (χ1v) is 12.1. The Morgan fingerprint density at radius 1 is 0.971 bits per heavy atom. The van der Waals surface area contributed by atoms with Crippen molar-refractivity contribution in [1.29, 1.82) is 0 Å². The van der Waals surface area contributed by atoms with Gasteiger partial charge in [-0.05, 0) is 30.5 Å². The van der Waals surface area contributed by atoms with Crippen LogP contribution in [0.3, 0.4) is 0 Å². The zero-order chi connectivity index (χ0) is 25.5. The monoisotopic (exact) mass is 483 g/mol. The SMILES string of the molecule is CCCCCN(C(=O)c1ccc(CN2C(=O)CCC2=O)cc1)c1c(N)n(CCCC)c(=O)[nH]c1=O. The number of carbonyl (C=O) groups is 3. The minimum atomic E-state index is -0.701. The molecule has 0 spiro atoms. The van der Waals surface area contributed by atoms with Crippen molar-refractivity contribution in [3.8, 4) is 0 Å². The largest absolute Gasteiger partial charge is 0.383 e. The molecule has 2 heterocycles. The van der Waals surface area contributed by atoms with Gasteiger partial charge in [-0.3, -0.25) is 33.6 Å². The number of H-pyrrole nitrogens is 1. The molecule has 0 atom stereocenters. The van der Waals surface area contributed by atoms with Gasteiger partial charge in [0, 0.05) is 31.5 Å². The summed E-state index contributed by atoms with van der Waals surface area (Å²) in [7, 11) is 0. The van der Waals surface area contributed by atoms with E-state index in [-0.39, 0.29) is 49.3 Å². The maximum absolute atomic E-state index is 13.5. The van der Waals surface area contributed by atoms with Gasteiger partial charge in [-0.25, -0.2) is 4.79 Å². The van der Waals surface area contributed by atoms with Crippen molar-refractivity contribution in [2.45, 2.75) is 71.9 Å². The van der Waals surface area contributed by atoms with E-state index in [0.717, 1.165) is 19.3 Å². The fourth-order valence-corrected chi connectivity index (χ4v) is 4.10. The van der Waals surface area contributed by atoms with Crippen LogP contribution in [0.1, 0.15) is 74.7 Å². The zero-order valence-corrected chi connectivity index (χ0v) is 20.3. The third-order valence-corrected chi connectivity index (χ3v) is 6.15. The predicted molar refractivity (Wildman–Crippen MR) is 133 cm³/mol. The third-order valence-electron chi connectivity index (χ3n) is 6.15. The molecule has 3 rings (SSSR count). The average Bonchev–Trinajstić information content (AvgIpc) is 3.15. The van der Waals surface area contributed by atoms with Gasteiger partial charge < -0.3 is 10.6 Å². The number of nitrogens with one attached hydrogen (secondary N) is 1. The zero-order valence-electron chi connectivity index (χ0n) is 20.3. The molecule has 1 aliphatic rings. The van der Waals surface area contributed by atoms with Crippen LogP contribution in [0, 0.1) is 0 Å². The lowest BCUT2D eigenvalue weighted by atomic mass is 10.1. The third kappa shape index (κ3) is 5.87. The quantitative estimate of drug-likeness (QED) is 0.372. The van der Waals surface area contributed by atoms with Crippen molar-refractivity contribution >= 4 is 29.2 Å². The smallest absolute Gasteiger partial charge is 0.330 e. The Hall–Kier alpha value is -3.69. The number of carbonyl (C=O) groups excluding carboxylic acids is 3. The lowest BCUT2D eigenvalue weighted by Crippen LogP contribution is -2.41. The summed E-state index contributed by atoms with van der Waals surface area (Å²) in [6.07, 6.45) is 4.41. The van der Waals surface area contributed by atoms with Crippen LogP contribution in [0.5, 0.6) is 0 Å². The van der Waals surface area contributed by atoms with E-state index < -0.39 is 17.2 Å². The number of nitrogens with two attached hydrogens (primary N) is 1. The van der Waals surface area contributed by atoms with Crippen LogP contribution >= 0.6 is 0 Å². The second-order valence-electron chi connectivity index (χ2n) is 8.73. The van der Waals surface area contributed by atoms with Gasteiger partial charge in [0.05, 0.1) is 6.54 Å². The van der Waals surface area contributed by atoms with Crippen LogP contribution in [0.2, 0.25) is 0 Å². The van der Waals surface area contributed by atoms with Gasteiger partial charge in [0.15, 0.2) is 5.69 Å². The highest BCUT2D eigenvalue weighted by molar-refractivity contribution is 6.07. The molecule has 2 aromatic rings. The number of imide groups is 1. The normalized spacial score (nSPS) is 13.5. The number of unbranched alkanes of at least 4 members (excludes halogenated alkanes) is 3. The van der Waals surface area contributed by atoms with Gasteiger partial charge in [0.1, 0.15) is 5.82 Å². The Kier molecular flexibility index (Phi) is 8.62. The highest BCUT2D eigenvalue weighted by atomic mass is 16.2. The minimum absolute atomic E-state index is 0.0280. The molecule has 10 nitrogen and oxygen atoms in total. The highest BCUT2D eigenvalue weighted by Gasteiger charge is 2.29. The van der Waals surface area contributed by atoms with E-state index in [2.05, 4.69) is 4.98 Å². The Labute approximate surface area is 203 Å². The number of anilines is 2. The maximum atomic E-state index is 13.5. The Morgan fingerprint density at radius 3 is 2.20 bits per heavy atom. The van der Waals surface area contributed by atoms with Crippen LogP contribution in [0.4, 0.5) is 11.5 Å². The summed E-state index contributed by atoms with van der Waals surface area (Å²) >= 11 is 0. The van der Waals surface area contributed by atoms with Gasteiger partial charge in [-0.1, -0.05) is 45.2 Å². The molecule has 0 radical (unpaired) electrons. The molecule has 1 aliphatic heterocycles. The fourth-order valence-electron chi connectivity index (χ4n) is 4.10. The molecule has 188 valence electrons. The van der Waals surface area contributed by atoms with E-state index in [1.165, 1.54) is 14.4 Å². The van der Waals surface area contributed by atoms with Gasteiger partial charge in [0.25, 0.3) is 11.5 Å². The maximum Gasteiger partial charge on any atom is 0.330 e. The second-order valence-corrected chi connectivity index (χ2v) is 8.73. The first-order valence-electron chi connectivity index (χ1n) is 12.1. The summed E-state index contributed by atoms with van der Waals surface area (Å²) < 4.78 is 1.30. The van der Waals surface area contributed by atoms with Crippen molar-refractivity contribution in [2.24, 2.45) is 0 Å². The van der Waals surface area contributed by atoms with Crippen LogP contribution < -0.4 is 21.9 Å². The molecular formula is C25H33N5O5. The number of amides is 3. The molecule has 35 heavy (non-hydrogen) atoms. The van der Waals surface area contributed by atoms with Crippen LogP contribution in [0.25, 0.3) is 0 Å². The topological polar surface area (TPSA) is 139 Å². The molecule has 1 saturated heterocycles. The van der Waals surface area contributed by atoms with Gasteiger partial charge in [0.2, 0.25) is 11.8 Å². The van der Waals surface area contributed by atoms with E-state index in [4.69, 9.17) is 5.73 Å². The Bertz CT molecular complexity index is 1180. The lowest BCUT2D eigenvalue weighted by molar-refractivity contribution is -0.139. The summed E-state index contributed by atoms with van der Waals surface area (Å²) in [5.41, 5.74) is 5.99. The Balaban J connectivity index is 1.92. The van der Waals surface area contributed by atoms with Crippen molar-refractivity contribution in [3.05, 3.63) is 56.2 Å². The molecule has 3 N–H and O–H groups in total. The number of nitrogens with zero attached hydrogens (tertiary/aromatic N) is 3. The number of aromatic nitrogens is 2. The van der Waals surface area contributed by atoms with E-state index in [1.54, 1.807) is 24.3 Å². The minimum Gasteiger partial charge on any atom is -0.383 e. The standard InChI is InChI=1S/C25H33N5O5/c1-3-5-7-15-28(21-22(26)29(14-6-4-2)25(35)27-23(21)33)24(34)18-10-8-17(9-11-18)16-30-19(31)12-13-20(30)32/h8-11H,3-7,12-16,26H2,1-2H3,(H,27,33,35). The first kappa shape index (κ1) is 25.9. The number of likely N-dealkylation sites (tertiary alicyclic amines) is 1. The van der Waals surface area contributed by atoms with Crippen LogP contribution in [-0.4, -0.2) is 38.7 Å². The number of aromatic amines is 1. The molecule has 0 saturated carbocycles. The molecule has 1 aromatic carbocycles. The Morgan fingerprint density at radius 2 is 1.60 bits per heavy atom. The van der Waals surface area contributed by atoms with Gasteiger partial charge in [-0.2, -0.15) is 0 Å². The fraction of sp³-hybridized carbons (Fsp3) is 0.480. The number of nitrogen functional groups attached to an aromatic ring is 1. The van der Waals surface area contributed by atoms with Gasteiger partial charge >= 0.3 is 5.69 Å². The van der Waals surface area contributed by atoms with E-state index in [0.29, 0.717) is 30.5 Å².